The minimum absolute atomic E-state index is 0.273. The largest absolute Gasteiger partial charge is 0.298 e. The second-order valence-electron chi connectivity index (χ2n) is 4.49. The zero-order valence-electron chi connectivity index (χ0n) is 10.8. The van der Waals surface area contributed by atoms with Crippen LogP contribution in [0.4, 0.5) is 0 Å². The van der Waals surface area contributed by atoms with Crippen LogP contribution in [0.1, 0.15) is 31.3 Å². The van der Waals surface area contributed by atoms with Crippen molar-refractivity contribution < 1.29 is 0 Å². The Hall–Kier alpha value is -1.43. The smallest absolute Gasteiger partial charge is 0.195 e. The topological polar surface area (TPSA) is 51.4 Å². The van der Waals surface area contributed by atoms with Crippen LogP contribution >= 0.6 is 12.2 Å². The van der Waals surface area contributed by atoms with Gasteiger partial charge in [0.05, 0.1) is 11.3 Å². The van der Waals surface area contributed by atoms with E-state index in [9.17, 15) is 0 Å². The van der Waals surface area contributed by atoms with Gasteiger partial charge in [-0.2, -0.15) is 10.2 Å². The fraction of sp³-hybridized carbons (Fsp3) is 0.545. The first-order valence-electron chi connectivity index (χ1n) is 5.61. The van der Waals surface area contributed by atoms with Gasteiger partial charge in [0, 0.05) is 18.8 Å². The lowest BCUT2D eigenvalue weighted by molar-refractivity contribution is 0.596. The van der Waals surface area contributed by atoms with Crippen LogP contribution < -0.4 is 0 Å². The second kappa shape index (κ2) is 4.10. The van der Waals surface area contributed by atoms with Gasteiger partial charge in [0.2, 0.25) is 0 Å². The summed E-state index contributed by atoms with van der Waals surface area (Å²) in [6, 6.07) is 0.273. The van der Waals surface area contributed by atoms with E-state index >= 15 is 0 Å². The van der Waals surface area contributed by atoms with Gasteiger partial charge in [0.25, 0.3) is 0 Å². The summed E-state index contributed by atoms with van der Waals surface area (Å²) in [5.41, 5.74) is 3.13. The summed E-state index contributed by atoms with van der Waals surface area (Å²) in [6.45, 7) is 8.22. The number of nitrogens with one attached hydrogen (secondary N) is 1. The monoisotopic (exact) mass is 251 g/mol. The Balaban J connectivity index is 2.73. The highest BCUT2D eigenvalue weighted by molar-refractivity contribution is 7.71. The summed E-state index contributed by atoms with van der Waals surface area (Å²) in [5.74, 6) is 0.869. The number of nitrogens with zero attached hydrogens (tertiary/aromatic N) is 4. The normalized spacial score (nSPS) is 11.4. The van der Waals surface area contributed by atoms with Crippen LogP contribution in [-0.4, -0.2) is 24.5 Å². The number of H-pyrrole nitrogens is 1. The zero-order chi connectivity index (χ0) is 12.7. The molecular formula is C11H17N5S. The quantitative estimate of drug-likeness (QED) is 0.834. The number of aromatic nitrogens is 5. The highest BCUT2D eigenvalue weighted by atomic mass is 32.1. The summed E-state index contributed by atoms with van der Waals surface area (Å²) in [4.78, 5) is 0. The van der Waals surface area contributed by atoms with Crippen molar-refractivity contribution in [2.45, 2.75) is 33.7 Å². The van der Waals surface area contributed by atoms with Gasteiger partial charge in [-0.25, -0.2) is 0 Å². The van der Waals surface area contributed by atoms with Crippen molar-refractivity contribution in [1.29, 1.82) is 0 Å². The number of aryl methyl sites for hydroxylation is 2. The van der Waals surface area contributed by atoms with Crippen molar-refractivity contribution in [2.75, 3.05) is 0 Å². The molecule has 5 nitrogen and oxygen atoms in total. The Morgan fingerprint density at radius 3 is 2.41 bits per heavy atom. The van der Waals surface area contributed by atoms with Gasteiger partial charge in [-0.1, -0.05) is 0 Å². The molecule has 0 unspecified atom stereocenters. The van der Waals surface area contributed by atoms with E-state index in [1.807, 2.05) is 30.1 Å². The lowest BCUT2D eigenvalue weighted by atomic mass is 10.2. The SMILES string of the molecule is Cc1nn(C)c(C)c1-c1n[nH]c(=S)n1C(C)C. The van der Waals surface area contributed by atoms with E-state index in [0.29, 0.717) is 4.77 Å². The maximum atomic E-state index is 5.26. The van der Waals surface area contributed by atoms with Crippen LogP contribution in [-0.2, 0) is 7.05 Å². The van der Waals surface area contributed by atoms with E-state index in [4.69, 9.17) is 12.2 Å². The third kappa shape index (κ3) is 1.82. The molecule has 0 radical (unpaired) electrons. The molecule has 1 N–H and O–H groups in total. The highest BCUT2D eigenvalue weighted by Crippen LogP contribution is 2.26. The standard InChI is InChI=1S/C11H17N5S/c1-6(2)16-10(12-13-11(16)17)9-7(3)14-15(5)8(9)4/h6H,1-5H3,(H,13,17). The Morgan fingerprint density at radius 2 is 1.94 bits per heavy atom. The molecule has 0 aliphatic heterocycles. The van der Waals surface area contributed by atoms with Crippen molar-refractivity contribution >= 4 is 12.2 Å². The Labute approximate surface area is 105 Å². The summed E-state index contributed by atoms with van der Waals surface area (Å²) < 4.78 is 4.54. The zero-order valence-corrected chi connectivity index (χ0v) is 11.6. The van der Waals surface area contributed by atoms with Crippen molar-refractivity contribution in [3.63, 3.8) is 0 Å². The Morgan fingerprint density at radius 1 is 1.29 bits per heavy atom. The van der Waals surface area contributed by atoms with E-state index in [0.717, 1.165) is 22.8 Å². The lowest BCUT2D eigenvalue weighted by Crippen LogP contribution is -2.04. The molecule has 0 saturated carbocycles. The van der Waals surface area contributed by atoms with Gasteiger partial charge >= 0.3 is 0 Å². The molecule has 0 bridgehead atoms. The second-order valence-corrected chi connectivity index (χ2v) is 4.87. The van der Waals surface area contributed by atoms with Crippen LogP contribution in [0.5, 0.6) is 0 Å². The van der Waals surface area contributed by atoms with Crippen molar-refractivity contribution in [1.82, 2.24) is 24.5 Å². The number of hydrogen-bond acceptors (Lipinski definition) is 3. The summed E-state index contributed by atoms with van der Waals surface area (Å²) >= 11 is 5.26. The molecule has 17 heavy (non-hydrogen) atoms. The van der Waals surface area contributed by atoms with Crippen LogP contribution in [0, 0.1) is 18.6 Å². The Bertz CT molecular complexity index is 602. The molecule has 2 aromatic rings. The van der Waals surface area contributed by atoms with E-state index < -0.39 is 0 Å². The first kappa shape index (κ1) is 12.0. The van der Waals surface area contributed by atoms with E-state index in [1.165, 1.54) is 0 Å². The van der Waals surface area contributed by atoms with E-state index in [1.54, 1.807) is 0 Å². The third-order valence-electron chi connectivity index (χ3n) is 2.95. The van der Waals surface area contributed by atoms with Gasteiger partial charge < -0.3 is 0 Å². The molecular weight excluding hydrogens is 234 g/mol. The summed E-state index contributed by atoms with van der Waals surface area (Å²) in [5, 5.41) is 11.6. The van der Waals surface area contributed by atoms with E-state index in [-0.39, 0.29) is 6.04 Å². The van der Waals surface area contributed by atoms with Crippen LogP contribution in [0.15, 0.2) is 0 Å². The van der Waals surface area contributed by atoms with Gasteiger partial charge in [-0.3, -0.25) is 14.3 Å². The number of hydrogen-bond donors (Lipinski definition) is 1. The first-order chi connectivity index (χ1) is 7.93. The van der Waals surface area contributed by atoms with Gasteiger partial charge in [-0.05, 0) is 39.9 Å². The third-order valence-corrected chi connectivity index (χ3v) is 3.24. The average Bonchev–Trinajstić information content (AvgIpc) is 2.70. The minimum atomic E-state index is 0.273. The molecule has 92 valence electrons. The predicted molar refractivity (Wildman–Crippen MR) is 69.5 cm³/mol. The summed E-state index contributed by atoms with van der Waals surface area (Å²) in [6.07, 6.45) is 0. The molecule has 0 amide bonds. The maximum absolute atomic E-state index is 5.26. The van der Waals surface area contributed by atoms with Gasteiger partial charge in [0.15, 0.2) is 10.6 Å². The fourth-order valence-electron chi connectivity index (χ4n) is 2.06. The molecule has 6 heteroatoms. The summed E-state index contributed by atoms with van der Waals surface area (Å²) in [7, 11) is 1.94. The molecule has 0 aromatic carbocycles. The maximum Gasteiger partial charge on any atom is 0.195 e. The molecule has 2 aromatic heterocycles. The minimum Gasteiger partial charge on any atom is -0.298 e. The van der Waals surface area contributed by atoms with Gasteiger partial charge in [0.1, 0.15) is 0 Å². The molecule has 0 saturated heterocycles. The predicted octanol–water partition coefficient (Wildman–Crippen LogP) is 2.54. The highest BCUT2D eigenvalue weighted by Gasteiger charge is 2.19. The Kier molecular flexibility index (Phi) is 2.91. The molecule has 0 fully saturated rings. The van der Waals surface area contributed by atoms with Crippen LogP contribution in [0.3, 0.4) is 0 Å². The molecule has 0 aliphatic carbocycles. The van der Waals surface area contributed by atoms with Crippen LogP contribution in [0.25, 0.3) is 11.4 Å². The number of aromatic amines is 1. The molecule has 0 spiro atoms. The molecule has 0 aliphatic rings. The molecule has 2 rings (SSSR count). The lowest BCUT2D eigenvalue weighted by Gasteiger charge is -2.10. The van der Waals surface area contributed by atoms with E-state index in [2.05, 4.69) is 29.1 Å². The van der Waals surface area contributed by atoms with Crippen LogP contribution in [0.2, 0.25) is 0 Å². The average molecular weight is 251 g/mol. The van der Waals surface area contributed by atoms with Gasteiger partial charge in [-0.15, -0.1) is 0 Å². The number of rotatable bonds is 2. The molecule has 2 heterocycles. The van der Waals surface area contributed by atoms with Crippen molar-refractivity contribution in [3.8, 4) is 11.4 Å². The van der Waals surface area contributed by atoms with Crippen molar-refractivity contribution in [3.05, 3.63) is 16.2 Å². The first-order valence-corrected chi connectivity index (χ1v) is 6.01. The fourth-order valence-corrected chi connectivity index (χ4v) is 2.40. The van der Waals surface area contributed by atoms with Crippen molar-refractivity contribution in [2.24, 2.45) is 7.05 Å². The molecule has 0 atom stereocenters.